The van der Waals surface area contributed by atoms with Gasteiger partial charge in [0.05, 0.1) is 12.4 Å². The summed E-state index contributed by atoms with van der Waals surface area (Å²) in [6.07, 6.45) is 3.74. The third-order valence-electron chi connectivity index (χ3n) is 1.73. The number of nitrogens with zero attached hydrogens (tertiary/aromatic N) is 3. The van der Waals surface area contributed by atoms with Gasteiger partial charge in [0.2, 0.25) is 0 Å². The number of aryl methyl sites for hydroxylation is 1. The van der Waals surface area contributed by atoms with Gasteiger partial charge in [-0.1, -0.05) is 6.92 Å². The molecular formula is C9H13N3O. The zero-order valence-corrected chi connectivity index (χ0v) is 7.90. The monoisotopic (exact) mass is 179 g/mol. The zero-order chi connectivity index (χ0) is 9.68. The highest BCUT2D eigenvalue weighted by Gasteiger charge is 2.06. The number of hydrogen-bond acceptors (Lipinski definition) is 3. The maximum Gasteiger partial charge on any atom is 0.184 e. The molecule has 0 N–H and O–H groups in total. The Hall–Kier alpha value is -1.50. The van der Waals surface area contributed by atoms with Crippen LogP contribution in [0.15, 0.2) is 12.4 Å². The molecule has 0 aliphatic rings. The standard InChI is InChI=1S/C9H13N3O/c1-3-8(5-10)13-9-6-11-12(4-2)7-9/h6-8H,3-4H2,1-2H3. The van der Waals surface area contributed by atoms with Crippen LogP contribution in [-0.4, -0.2) is 15.9 Å². The van der Waals surface area contributed by atoms with Crippen LogP contribution in [0.3, 0.4) is 0 Å². The van der Waals surface area contributed by atoms with E-state index in [1.54, 1.807) is 17.1 Å². The quantitative estimate of drug-likeness (QED) is 0.705. The fourth-order valence-electron chi connectivity index (χ4n) is 0.944. The van der Waals surface area contributed by atoms with Gasteiger partial charge in [-0.25, -0.2) is 0 Å². The smallest absolute Gasteiger partial charge is 0.184 e. The summed E-state index contributed by atoms with van der Waals surface area (Å²) in [4.78, 5) is 0. The molecule has 13 heavy (non-hydrogen) atoms. The minimum atomic E-state index is -0.366. The van der Waals surface area contributed by atoms with Gasteiger partial charge in [0, 0.05) is 6.54 Å². The molecule has 0 aliphatic carbocycles. The van der Waals surface area contributed by atoms with Gasteiger partial charge in [0.15, 0.2) is 11.9 Å². The van der Waals surface area contributed by atoms with Crippen molar-refractivity contribution in [2.45, 2.75) is 32.9 Å². The summed E-state index contributed by atoms with van der Waals surface area (Å²) in [5, 5.41) is 12.7. The Bertz CT molecular complexity index is 300. The van der Waals surface area contributed by atoms with Crippen LogP contribution >= 0.6 is 0 Å². The summed E-state index contributed by atoms with van der Waals surface area (Å²) < 4.78 is 7.11. The molecule has 0 aliphatic heterocycles. The molecule has 0 fully saturated rings. The van der Waals surface area contributed by atoms with Crippen molar-refractivity contribution in [1.29, 1.82) is 5.26 Å². The van der Waals surface area contributed by atoms with Crippen molar-refractivity contribution in [1.82, 2.24) is 9.78 Å². The molecule has 0 radical (unpaired) electrons. The summed E-state index contributed by atoms with van der Waals surface area (Å²) >= 11 is 0. The Morgan fingerprint density at radius 1 is 1.69 bits per heavy atom. The molecule has 1 heterocycles. The lowest BCUT2D eigenvalue weighted by Crippen LogP contribution is -2.11. The first-order valence-corrected chi connectivity index (χ1v) is 4.38. The largest absolute Gasteiger partial charge is 0.472 e. The van der Waals surface area contributed by atoms with Crippen LogP contribution in [0.25, 0.3) is 0 Å². The molecule has 4 heteroatoms. The van der Waals surface area contributed by atoms with E-state index in [-0.39, 0.29) is 6.10 Å². The molecule has 0 saturated carbocycles. The Balaban J connectivity index is 2.58. The highest BCUT2D eigenvalue weighted by atomic mass is 16.5. The van der Waals surface area contributed by atoms with Gasteiger partial charge in [0.25, 0.3) is 0 Å². The van der Waals surface area contributed by atoms with E-state index in [1.165, 1.54) is 0 Å². The summed E-state index contributed by atoms with van der Waals surface area (Å²) in [5.41, 5.74) is 0. The summed E-state index contributed by atoms with van der Waals surface area (Å²) in [6, 6.07) is 2.07. The van der Waals surface area contributed by atoms with Crippen LogP contribution in [0.4, 0.5) is 0 Å². The highest BCUT2D eigenvalue weighted by Crippen LogP contribution is 2.11. The summed E-state index contributed by atoms with van der Waals surface area (Å²) in [6.45, 7) is 4.73. The maximum absolute atomic E-state index is 8.65. The molecule has 0 aromatic carbocycles. The first kappa shape index (κ1) is 9.59. The van der Waals surface area contributed by atoms with E-state index >= 15 is 0 Å². The lowest BCUT2D eigenvalue weighted by atomic mass is 10.3. The Kier molecular flexibility index (Phi) is 3.32. The lowest BCUT2D eigenvalue weighted by Gasteiger charge is -2.06. The molecule has 1 rings (SSSR count). The van der Waals surface area contributed by atoms with Crippen molar-refractivity contribution in [2.24, 2.45) is 0 Å². The average molecular weight is 179 g/mol. The average Bonchev–Trinajstić information content (AvgIpc) is 2.61. The summed E-state index contributed by atoms with van der Waals surface area (Å²) in [7, 11) is 0. The highest BCUT2D eigenvalue weighted by molar-refractivity contribution is 5.13. The van der Waals surface area contributed by atoms with Gasteiger partial charge < -0.3 is 4.74 Å². The fraction of sp³-hybridized carbons (Fsp3) is 0.556. The minimum Gasteiger partial charge on any atom is -0.472 e. The molecule has 1 unspecified atom stereocenters. The number of hydrogen-bond donors (Lipinski definition) is 0. The molecular weight excluding hydrogens is 166 g/mol. The van der Waals surface area contributed by atoms with Gasteiger partial charge in [-0.3, -0.25) is 4.68 Å². The van der Waals surface area contributed by atoms with E-state index in [1.807, 2.05) is 13.8 Å². The Labute approximate surface area is 77.7 Å². The Morgan fingerprint density at radius 2 is 2.46 bits per heavy atom. The number of nitriles is 1. The van der Waals surface area contributed by atoms with Crippen LogP contribution in [-0.2, 0) is 6.54 Å². The summed E-state index contributed by atoms with van der Waals surface area (Å²) in [5.74, 6) is 0.662. The fourth-order valence-corrected chi connectivity index (χ4v) is 0.944. The molecule has 1 aromatic heterocycles. The second kappa shape index (κ2) is 4.51. The van der Waals surface area contributed by atoms with Crippen molar-refractivity contribution >= 4 is 0 Å². The van der Waals surface area contributed by atoms with E-state index in [9.17, 15) is 0 Å². The number of aromatic nitrogens is 2. The van der Waals surface area contributed by atoms with Gasteiger partial charge in [-0.15, -0.1) is 0 Å². The van der Waals surface area contributed by atoms with Gasteiger partial charge in [-0.2, -0.15) is 10.4 Å². The minimum absolute atomic E-state index is 0.366. The molecule has 0 spiro atoms. The van der Waals surface area contributed by atoms with Crippen LogP contribution in [0.2, 0.25) is 0 Å². The van der Waals surface area contributed by atoms with Crippen molar-refractivity contribution in [3.63, 3.8) is 0 Å². The predicted octanol–water partition coefficient (Wildman–Crippen LogP) is 1.58. The molecule has 1 atom stereocenters. The number of rotatable bonds is 4. The third kappa shape index (κ3) is 2.48. The predicted molar refractivity (Wildman–Crippen MR) is 48.2 cm³/mol. The number of ether oxygens (including phenoxy) is 1. The van der Waals surface area contributed by atoms with Crippen molar-refractivity contribution in [2.75, 3.05) is 0 Å². The zero-order valence-electron chi connectivity index (χ0n) is 7.90. The van der Waals surface area contributed by atoms with Gasteiger partial charge >= 0.3 is 0 Å². The SMILES string of the molecule is CCC(C#N)Oc1cnn(CC)c1. The maximum atomic E-state index is 8.65. The van der Waals surface area contributed by atoms with Gasteiger partial charge in [0.1, 0.15) is 6.07 Å². The van der Waals surface area contributed by atoms with Crippen molar-refractivity contribution in [3.8, 4) is 11.8 Å². The van der Waals surface area contributed by atoms with Crippen LogP contribution in [0.1, 0.15) is 20.3 Å². The van der Waals surface area contributed by atoms with E-state index < -0.39 is 0 Å². The van der Waals surface area contributed by atoms with Crippen molar-refractivity contribution in [3.05, 3.63) is 12.4 Å². The molecule has 4 nitrogen and oxygen atoms in total. The molecule has 1 aromatic rings. The first-order chi connectivity index (χ1) is 6.30. The molecule has 0 saturated heterocycles. The van der Waals surface area contributed by atoms with E-state index in [2.05, 4.69) is 11.2 Å². The second-order valence-electron chi connectivity index (χ2n) is 2.68. The molecule has 70 valence electrons. The normalized spacial score (nSPS) is 12.1. The van der Waals surface area contributed by atoms with E-state index in [0.29, 0.717) is 12.2 Å². The Morgan fingerprint density at radius 3 is 2.92 bits per heavy atom. The van der Waals surface area contributed by atoms with E-state index in [0.717, 1.165) is 6.54 Å². The van der Waals surface area contributed by atoms with Crippen LogP contribution in [0.5, 0.6) is 5.75 Å². The van der Waals surface area contributed by atoms with Crippen LogP contribution < -0.4 is 4.74 Å². The van der Waals surface area contributed by atoms with Crippen molar-refractivity contribution < 1.29 is 4.74 Å². The van der Waals surface area contributed by atoms with E-state index in [4.69, 9.17) is 10.00 Å². The first-order valence-electron chi connectivity index (χ1n) is 4.38. The topological polar surface area (TPSA) is 50.8 Å². The third-order valence-corrected chi connectivity index (χ3v) is 1.73. The second-order valence-corrected chi connectivity index (χ2v) is 2.68. The lowest BCUT2D eigenvalue weighted by molar-refractivity contribution is 0.251. The van der Waals surface area contributed by atoms with Crippen LogP contribution in [0, 0.1) is 11.3 Å². The van der Waals surface area contributed by atoms with Gasteiger partial charge in [-0.05, 0) is 13.3 Å². The molecule has 0 amide bonds. The molecule has 0 bridgehead atoms.